The third kappa shape index (κ3) is 3.64. The summed E-state index contributed by atoms with van der Waals surface area (Å²) in [5, 5.41) is 8.31. The summed E-state index contributed by atoms with van der Waals surface area (Å²) in [6.45, 7) is 7.82. The van der Waals surface area contributed by atoms with E-state index in [0.717, 1.165) is 30.5 Å². The maximum absolute atomic E-state index is 4.53. The summed E-state index contributed by atoms with van der Waals surface area (Å²) in [5.74, 6) is 1.71. The Balaban J connectivity index is 2.10. The number of nitrogens with zero attached hydrogens (tertiary/aromatic N) is 2. The molecule has 1 N–H and O–H groups in total. The van der Waals surface area contributed by atoms with Crippen molar-refractivity contribution in [1.82, 2.24) is 15.1 Å². The average molecular weight is 342 g/mol. The Morgan fingerprint density at radius 1 is 1.45 bits per heavy atom. The minimum Gasteiger partial charge on any atom is -0.313 e. The highest BCUT2D eigenvalue weighted by Gasteiger charge is 2.29. The first-order valence-corrected chi connectivity index (χ1v) is 8.73. The summed E-state index contributed by atoms with van der Waals surface area (Å²) in [6, 6.07) is 0.589. The fourth-order valence-corrected chi connectivity index (χ4v) is 3.96. The predicted octanol–water partition coefficient (Wildman–Crippen LogP) is 3.84. The van der Waals surface area contributed by atoms with Crippen molar-refractivity contribution in [2.75, 3.05) is 6.54 Å². The molecule has 0 amide bonds. The monoisotopic (exact) mass is 341 g/mol. The lowest BCUT2D eigenvalue weighted by Crippen LogP contribution is -2.38. The van der Waals surface area contributed by atoms with Crippen LogP contribution in [0.5, 0.6) is 0 Å². The molecular formula is C16H28BrN3. The van der Waals surface area contributed by atoms with Gasteiger partial charge in [-0.15, -0.1) is 0 Å². The van der Waals surface area contributed by atoms with Crippen LogP contribution < -0.4 is 5.32 Å². The van der Waals surface area contributed by atoms with Crippen LogP contribution in [0.3, 0.4) is 0 Å². The standard InChI is InChI=1S/C16H28BrN3/c1-5-8-18-14(13-7-6-11(2)9-13)10-15-16(17)12(3)19-20(15)4/h11,13-14,18H,5-10H2,1-4H3. The molecule has 114 valence electrons. The van der Waals surface area contributed by atoms with Crippen molar-refractivity contribution < 1.29 is 0 Å². The zero-order chi connectivity index (χ0) is 14.7. The molecule has 0 spiro atoms. The predicted molar refractivity (Wildman–Crippen MR) is 87.9 cm³/mol. The van der Waals surface area contributed by atoms with Gasteiger partial charge in [0.15, 0.2) is 0 Å². The molecule has 1 heterocycles. The quantitative estimate of drug-likeness (QED) is 0.851. The van der Waals surface area contributed by atoms with Gasteiger partial charge in [-0.05, 0) is 60.5 Å². The maximum atomic E-state index is 4.53. The van der Waals surface area contributed by atoms with Crippen LogP contribution in [0.15, 0.2) is 4.47 Å². The zero-order valence-electron chi connectivity index (χ0n) is 13.2. The topological polar surface area (TPSA) is 29.9 Å². The summed E-state index contributed by atoms with van der Waals surface area (Å²) >= 11 is 3.71. The van der Waals surface area contributed by atoms with Crippen molar-refractivity contribution in [2.45, 2.75) is 58.9 Å². The molecule has 0 saturated heterocycles. The molecule has 3 unspecified atom stereocenters. The van der Waals surface area contributed by atoms with E-state index in [-0.39, 0.29) is 0 Å². The van der Waals surface area contributed by atoms with E-state index in [4.69, 9.17) is 0 Å². The van der Waals surface area contributed by atoms with Gasteiger partial charge in [0.2, 0.25) is 0 Å². The number of hydrogen-bond acceptors (Lipinski definition) is 2. The molecule has 3 atom stereocenters. The maximum Gasteiger partial charge on any atom is 0.0738 e. The van der Waals surface area contributed by atoms with Gasteiger partial charge >= 0.3 is 0 Å². The summed E-state index contributed by atoms with van der Waals surface area (Å²) in [5.41, 5.74) is 2.42. The Bertz CT molecular complexity index is 441. The molecule has 1 aromatic rings. The molecule has 1 aromatic heterocycles. The highest BCUT2D eigenvalue weighted by molar-refractivity contribution is 9.10. The second-order valence-corrected chi connectivity index (χ2v) is 7.21. The van der Waals surface area contributed by atoms with E-state index < -0.39 is 0 Å². The highest BCUT2D eigenvalue weighted by atomic mass is 79.9. The van der Waals surface area contributed by atoms with E-state index in [1.165, 1.54) is 35.8 Å². The van der Waals surface area contributed by atoms with E-state index in [2.05, 4.69) is 54.2 Å². The summed E-state index contributed by atoms with van der Waals surface area (Å²) in [4.78, 5) is 0. The molecule has 1 aliphatic rings. The van der Waals surface area contributed by atoms with Gasteiger partial charge in [-0.25, -0.2) is 0 Å². The van der Waals surface area contributed by atoms with Gasteiger partial charge < -0.3 is 5.32 Å². The molecule has 0 bridgehead atoms. The molecule has 0 radical (unpaired) electrons. The second-order valence-electron chi connectivity index (χ2n) is 6.41. The van der Waals surface area contributed by atoms with E-state index in [1.54, 1.807) is 0 Å². The van der Waals surface area contributed by atoms with Crippen LogP contribution >= 0.6 is 15.9 Å². The van der Waals surface area contributed by atoms with Crippen molar-refractivity contribution in [3.63, 3.8) is 0 Å². The van der Waals surface area contributed by atoms with E-state index in [0.29, 0.717) is 6.04 Å². The fraction of sp³-hybridized carbons (Fsp3) is 0.812. The van der Waals surface area contributed by atoms with Crippen molar-refractivity contribution in [1.29, 1.82) is 0 Å². The van der Waals surface area contributed by atoms with Gasteiger partial charge in [-0.1, -0.05) is 20.3 Å². The lowest BCUT2D eigenvalue weighted by molar-refractivity contribution is 0.343. The molecule has 0 aromatic carbocycles. The number of nitrogens with one attached hydrogen (secondary N) is 1. The highest BCUT2D eigenvalue weighted by Crippen LogP contribution is 2.34. The molecule has 3 nitrogen and oxygen atoms in total. The van der Waals surface area contributed by atoms with Gasteiger partial charge in [-0.3, -0.25) is 4.68 Å². The van der Waals surface area contributed by atoms with Gasteiger partial charge in [0.05, 0.1) is 15.9 Å². The Morgan fingerprint density at radius 2 is 2.20 bits per heavy atom. The van der Waals surface area contributed by atoms with Crippen LogP contribution in [0.1, 0.15) is 50.9 Å². The fourth-order valence-electron chi connectivity index (χ4n) is 3.46. The molecule has 20 heavy (non-hydrogen) atoms. The van der Waals surface area contributed by atoms with Crippen molar-refractivity contribution in [3.05, 3.63) is 15.9 Å². The molecule has 4 heteroatoms. The van der Waals surface area contributed by atoms with Crippen LogP contribution in [0, 0.1) is 18.8 Å². The number of hydrogen-bond donors (Lipinski definition) is 1. The number of aryl methyl sites for hydroxylation is 2. The minimum absolute atomic E-state index is 0.589. The first kappa shape index (κ1) is 16.0. The van der Waals surface area contributed by atoms with E-state index in [9.17, 15) is 0 Å². The Morgan fingerprint density at radius 3 is 2.70 bits per heavy atom. The molecule has 1 fully saturated rings. The van der Waals surface area contributed by atoms with Gasteiger partial charge in [-0.2, -0.15) is 5.10 Å². The van der Waals surface area contributed by atoms with E-state index in [1.807, 2.05) is 4.68 Å². The summed E-state index contributed by atoms with van der Waals surface area (Å²) < 4.78 is 3.23. The van der Waals surface area contributed by atoms with Gasteiger partial charge in [0.25, 0.3) is 0 Å². The van der Waals surface area contributed by atoms with Crippen LogP contribution in [-0.2, 0) is 13.5 Å². The molecule has 0 aliphatic heterocycles. The number of rotatable bonds is 6. The minimum atomic E-state index is 0.589. The lowest BCUT2D eigenvalue weighted by Gasteiger charge is -2.25. The largest absolute Gasteiger partial charge is 0.313 e. The molecular weight excluding hydrogens is 314 g/mol. The molecule has 1 aliphatic carbocycles. The van der Waals surface area contributed by atoms with Crippen LogP contribution in [0.4, 0.5) is 0 Å². The van der Waals surface area contributed by atoms with Crippen LogP contribution in [0.2, 0.25) is 0 Å². The smallest absolute Gasteiger partial charge is 0.0738 e. The first-order chi connectivity index (χ1) is 9.52. The Hall–Kier alpha value is -0.350. The van der Waals surface area contributed by atoms with Crippen molar-refractivity contribution >= 4 is 15.9 Å². The summed E-state index contributed by atoms with van der Waals surface area (Å²) in [6.07, 6.45) is 6.41. The van der Waals surface area contributed by atoms with Crippen LogP contribution in [-0.4, -0.2) is 22.4 Å². The normalized spacial score (nSPS) is 24.2. The Labute approximate surface area is 131 Å². The second kappa shape index (κ2) is 7.08. The van der Waals surface area contributed by atoms with Crippen molar-refractivity contribution in [3.8, 4) is 0 Å². The van der Waals surface area contributed by atoms with Gasteiger partial charge in [0.1, 0.15) is 0 Å². The zero-order valence-corrected chi connectivity index (χ0v) is 14.8. The Kier molecular flexibility index (Phi) is 5.67. The third-order valence-corrected chi connectivity index (χ3v) is 5.67. The molecule has 1 saturated carbocycles. The SMILES string of the molecule is CCCNC(Cc1c(Br)c(C)nn1C)C1CCC(C)C1. The summed E-state index contributed by atoms with van der Waals surface area (Å²) in [7, 11) is 2.06. The van der Waals surface area contributed by atoms with Crippen molar-refractivity contribution in [2.24, 2.45) is 18.9 Å². The van der Waals surface area contributed by atoms with E-state index >= 15 is 0 Å². The molecule has 2 rings (SSSR count). The average Bonchev–Trinajstić information content (AvgIpc) is 2.93. The number of aromatic nitrogens is 2. The number of halogens is 1. The first-order valence-electron chi connectivity index (χ1n) is 7.94. The van der Waals surface area contributed by atoms with Gasteiger partial charge in [0, 0.05) is 19.5 Å². The lowest BCUT2D eigenvalue weighted by atomic mass is 9.93. The third-order valence-electron chi connectivity index (χ3n) is 4.64. The van der Waals surface area contributed by atoms with Crippen LogP contribution in [0.25, 0.3) is 0 Å².